The van der Waals surface area contributed by atoms with Crippen LogP contribution in [0.15, 0.2) is 35.3 Å². The Kier molecular flexibility index (Phi) is 6.62. The average molecular weight is 483 g/mol. The van der Waals surface area contributed by atoms with Crippen molar-refractivity contribution in [1.82, 2.24) is 20.3 Å². The Morgan fingerprint density at radius 2 is 2.09 bits per heavy atom. The van der Waals surface area contributed by atoms with E-state index in [2.05, 4.69) is 32.1 Å². The van der Waals surface area contributed by atoms with E-state index >= 15 is 0 Å². The van der Waals surface area contributed by atoms with Gasteiger partial charge in [0.1, 0.15) is 16.5 Å². The molecular formula is C25H24F2N4O2S. The number of hydrogen-bond acceptors (Lipinski definition) is 5. The number of thiazole rings is 1. The maximum Gasteiger partial charge on any atom is 0.271 e. The molecule has 2 N–H and O–H groups in total. The summed E-state index contributed by atoms with van der Waals surface area (Å²) in [6.45, 7) is 4.49. The number of amides is 1. The highest BCUT2D eigenvalue weighted by molar-refractivity contribution is 7.15. The summed E-state index contributed by atoms with van der Waals surface area (Å²) >= 11 is 1.30. The molecule has 0 atom stereocenters. The van der Waals surface area contributed by atoms with Gasteiger partial charge in [-0.15, -0.1) is 11.3 Å². The van der Waals surface area contributed by atoms with Crippen molar-refractivity contribution < 1.29 is 13.6 Å². The van der Waals surface area contributed by atoms with Crippen LogP contribution in [0, 0.1) is 23.7 Å². The van der Waals surface area contributed by atoms with Crippen molar-refractivity contribution in [3.63, 3.8) is 0 Å². The van der Waals surface area contributed by atoms with Crippen LogP contribution in [0.1, 0.15) is 49.6 Å². The molecule has 0 radical (unpaired) electrons. The Bertz CT molecular complexity index is 1340. The van der Waals surface area contributed by atoms with Crippen LogP contribution in [0.3, 0.4) is 0 Å². The van der Waals surface area contributed by atoms with Gasteiger partial charge in [-0.2, -0.15) is 0 Å². The van der Waals surface area contributed by atoms with E-state index in [1.807, 2.05) is 0 Å². The standard InChI is InChI=1S/C25H24F2N4O2S/c1-14(2)23(33)28-12-16-7-9-19(25(3,26)27)18(10-16)22-30-20(11-21(32)31-22)24-29-13-17(34-24)8-6-15-4-5-15/h7,9-11,13-15H,4-5,12H2,1-3H3,(H,28,33)(H,30,31,32). The van der Waals surface area contributed by atoms with Crippen molar-refractivity contribution in [2.75, 3.05) is 0 Å². The van der Waals surface area contributed by atoms with Crippen molar-refractivity contribution >= 4 is 17.2 Å². The van der Waals surface area contributed by atoms with Crippen LogP contribution < -0.4 is 10.9 Å². The minimum Gasteiger partial charge on any atom is -0.352 e. The first-order valence-electron chi connectivity index (χ1n) is 11.0. The summed E-state index contributed by atoms with van der Waals surface area (Å²) < 4.78 is 28.8. The molecular weight excluding hydrogens is 458 g/mol. The molecule has 2 heterocycles. The van der Waals surface area contributed by atoms with Crippen LogP contribution in [-0.4, -0.2) is 20.9 Å². The number of carbonyl (C=O) groups excluding carboxylic acids is 1. The second-order valence-corrected chi connectivity index (χ2v) is 9.72. The number of hydrogen-bond donors (Lipinski definition) is 2. The Hall–Kier alpha value is -3.38. The first kappa shape index (κ1) is 23.8. The maximum atomic E-state index is 14.4. The van der Waals surface area contributed by atoms with Crippen molar-refractivity contribution in [3.05, 3.63) is 56.8 Å². The number of nitrogens with one attached hydrogen (secondary N) is 2. The number of halogens is 2. The van der Waals surface area contributed by atoms with Gasteiger partial charge in [0.05, 0.1) is 11.1 Å². The lowest BCUT2D eigenvalue weighted by Gasteiger charge is -2.17. The molecule has 9 heteroatoms. The third-order valence-electron chi connectivity index (χ3n) is 5.25. The van der Waals surface area contributed by atoms with Gasteiger partial charge in [-0.3, -0.25) is 9.59 Å². The van der Waals surface area contributed by atoms with Crippen LogP contribution in [0.5, 0.6) is 0 Å². The van der Waals surface area contributed by atoms with Gasteiger partial charge in [-0.25, -0.2) is 18.7 Å². The minimum absolute atomic E-state index is 0.0110. The monoisotopic (exact) mass is 482 g/mol. The van der Waals surface area contributed by atoms with Gasteiger partial charge in [0.25, 0.3) is 11.5 Å². The largest absolute Gasteiger partial charge is 0.352 e. The van der Waals surface area contributed by atoms with Crippen LogP contribution in [-0.2, 0) is 17.3 Å². The molecule has 176 valence electrons. The zero-order valence-corrected chi connectivity index (χ0v) is 19.9. The zero-order valence-electron chi connectivity index (χ0n) is 19.0. The third kappa shape index (κ3) is 5.75. The number of H-pyrrole nitrogens is 1. The van der Waals surface area contributed by atoms with Crippen molar-refractivity contribution in [2.24, 2.45) is 11.8 Å². The maximum absolute atomic E-state index is 14.4. The highest BCUT2D eigenvalue weighted by Crippen LogP contribution is 2.35. The summed E-state index contributed by atoms with van der Waals surface area (Å²) in [6.07, 6.45) is 3.85. The molecule has 1 aliphatic rings. The summed E-state index contributed by atoms with van der Waals surface area (Å²) in [4.78, 5) is 36.5. The second kappa shape index (κ2) is 9.47. The van der Waals surface area contributed by atoms with Crippen LogP contribution in [0.4, 0.5) is 8.78 Å². The van der Waals surface area contributed by atoms with Crippen LogP contribution in [0.2, 0.25) is 0 Å². The van der Waals surface area contributed by atoms with Gasteiger partial charge in [-0.1, -0.05) is 37.8 Å². The number of benzene rings is 1. The lowest BCUT2D eigenvalue weighted by Crippen LogP contribution is -2.27. The summed E-state index contributed by atoms with van der Waals surface area (Å²) in [5, 5.41) is 3.25. The van der Waals surface area contributed by atoms with Gasteiger partial charge < -0.3 is 10.3 Å². The highest BCUT2D eigenvalue weighted by Gasteiger charge is 2.29. The predicted octanol–water partition coefficient (Wildman–Crippen LogP) is 4.71. The van der Waals surface area contributed by atoms with E-state index in [0.29, 0.717) is 16.5 Å². The lowest BCUT2D eigenvalue weighted by atomic mass is 9.98. The SMILES string of the molecule is CC(C)C(=O)NCc1ccc(C(C)(F)F)c(-c2nc(-c3ncc(C#CC4CC4)s3)cc(=O)[nH]2)c1. The van der Waals surface area contributed by atoms with Crippen molar-refractivity contribution in [2.45, 2.75) is 46.1 Å². The number of aromatic nitrogens is 3. The third-order valence-corrected chi connectivity index (χ3v) is 6.18. The molecule has 1 saturated carbocycles. The molecule has 0 unspecified atom stereocenters. The summed E-state index contributed by atoms with van der Waals surface area (Å²) in [7, 11) is 0. The summed E-state index contributed by atoms with van der Waals surface area (Å²) in [6, 6.07) is 5.64. The molecule has 1 amide bonds. The van der Waals surface area contributed by atoms with Crippen molar-refractivity contribution in [3.8, 4) is 33.9 Å². The van der Waals surface area contributed by atoms with Crippen LogP contribution >= 0.6 is 11.3 Å². The van der Waals surface area contributed by atoms with Crippen molar-refractivity contribution in [1.29, 1.82) is 0 Å². The van der Waals surface area contributed by atoms with E-state index in [9.17, 15) is 18.4 Å². The van der Waals surface area contributed by atoms with Gasteiger partial charge in [0, 0.05) is 42.5 Å². The smallest absolute Gasteiger partial charge is 0.271 e. The Labute approximate surface area is 199 Å². The second-order valence-electron chi connectivity index (χ2n) is 8.69. The van der Waals surface area contributed by atoms with E-state index < -0.39 is 11.5 Å². The molecule has 2 aromatic heterocycles. The zero-order chi connectivity index (χ0) is 24.5. The van der Waals surface area contributed by atoms with E-state index in [0.717, 1.165) is 24.6 Å². The fourth-order valence-corrected chi connectivity index (χ4v) is 3.96. The number of nitrogens with zero attached hydrogens (tertiary/aromatic N) is 2. The summed E-state index contributed by atoms with van der Waals surface area (Å²) in [5.74, 6) is 3.18. The molecule has 1 aliphatic carbocycles. The number of carbonyl (C=O) groups is 1. The first-order chi connectivity index (χ1) is 16.1. The van der Waals surface area contributed by atoms with Crippen LogP contribution in [0.25, 0.3) is 22.1 Å². The molecule has 0 saturated heterocycles. The normalized spacial score (nSPS) is 13.5. The fraction of sp³-hybridized carbons (Fsp3) is 0.360. The molecule has 1 aromatic carbocycles. The Morgan fingerprint density at radius 3 is 2.76 bits per heavy atom. The van der Waals surface area contributed by atoms with Gasteiger partial charge in [-0.05, 0) is 24.5 Å². The first-order valence-corrected chi connectivity index (χ1v) is 11.8. The van der Waals surface area contributed by atoms with E-state index in [-0.39, 0.29) is 41.0 Å². The van der Waals surface area contributed by atoms with E-state index in [1.165, 1.54) is 35.6 Å². The highest BCUT2D eigenvalue weighted by atomic mass is 32.1. The predicted molar refractivity (Wildman–Crippen MR) is 127 cm³/mol. The molecule has 0 spiro atoms. The molecule has 3 aromatic rings. The minimum atomic E-state index is -3.17. The number of rotatable bonds is 6. The molecule has 4 rings (SSSR count). The molecule has 6 nitrogen and oxygen atoms in total. The van der Waals surface area contributed by atoms with E-state index in [1.54, 1.807) is 20.0 Å². The average Bonchev–Trinajstić information content (AvgIpc) is 3.49. The van der Waals surface area contributed by atoms with Gasteiger partial charge in [0.2, 0.25) is 5.91 Å². The van der Waals surface area contributed by atoms with Gasteiger partial charge in [0.15, 0.2) is 0 Å². The molecule has 1 fully saturated rings. The molecule has 34 heavy (non-hydrogen) atoms. The molecule has 0 aliphatic heterocycles. The number of aromatic amines is 1. The van der Waals surface area contributed by atoms with E-state index in [4.69, 9.17) is 0 Å². The lowest BCUT2D eigenvalue weighted by molar-refractivity contribution is -0.124. The Morgan fingerprint density at radius 1 is 1.32 bits per heavy atom. The topological polar surface area (TPSA) is 87.7 Å². The fourth-order valence-electron chi connectivity index (χ4n) is 3.22. The summed E-state index contributed by atoms with van der Waals surface area (Å²) in [5.41, 5.74) is 0.226. The van der Waals surface area contributed by atoms with Gasteiger partial charge >= 0.3 is 0 Å². The Balaban J connectivity index is 1.72. The quantitative estimate of drug-likeness (QED) is 0.499. The number of alkyl halides is 2. The molecule has 0 bridgehead atoms.